The normalized spacial score (nSPS) is 20.5. The molecule has 2 heterocycles. The van der Waals surface area contributed by atoms with E-state index >= 15 is 0 Å². The van der Waals surface area contributed by atoms with Gasteiger partial charge in [0.1, 0.15) is 0 Å². The first-order valence-corrected chi connectivity index (χ1v) is 11.6. The first-order valence-electron chi connectivity index (χ1n) is 11.6. The van der Waals surface area contributed by atoms with Gasteiger partial charge in [0.15, 0.2) is 0 Å². The molecule has 0 saturated carbocycles. The van der Waals surface area contributed by atoms with E-state index in [4.69, 9.17) is 4.74 Å². The lowest BCUT2D eigenvalue weighted by atomic mass is 9.97. The van der Waals surface area contributed by atoms with Crippen molar-refractivity contribution in [2.45, 2.75) is 39.3 Å². The van der Waals surface area contributed by atoms with Crippen molar-refractivity contribution in [1.29, 1.82) is 0 Å². The van der Waals surface area contributed by atoms with Crippen molar-refractivity contribution in [1.82, 2.24) is 20.0 Å². The number of carbonyl (C=O) groups excluding carboxylic acids is 2. The lowest BCUT2D eigenvalue weighted by Crippen LogP contribution is -2.56. The number of ether oxygens (including phenoxy) is 1. The average molecular weight is 431 g/mol. The lowest BCUT2D eigenvalue weighted by molar-refractivity contribution is -0.141. The first kappa shape index (κ1) is 23.7. The van der Waals surface area contributed by atoms with E-state index in [2.05, 4.69) is 41.1 Å². The van der Waals surface area contributed by atoms with E-state index in [1.54, 1.807) is 0 Å². The number of rotatable bonds is 8. The smallest absolute Gasteiger partial charge is 0.239 e. The molecule has 7 heteroatoms. The number of amides is 2. The summed E-state index contributed by atoms with van der Waals surface area (Å²) in [6.07, 6.45) is 0.921. The molecule has 0 bridgehead atoms. The van der Waals surface area contributed by atoms with Crippen molar-refractivity contribution in [3.63, 3.8) is 0 Å². The summed E-state index contributed by atoms with van der Waals surface area (Å²) in [5, 5.41) is 3.24. The summed E-state index contributed by atoms with van der Waals surface area (Å²) in [5.41, 5.74) is 1.16. The summed E-state index contributed by atoms with van der Waals surface area (Å²) in [6, 6.07) is 10.1. The maximum atomic E-state index is 12.8. The fourth-order valence-electron chi connectivity index (χ4n) is 4.39. The maximum Gasteiger partial charge on any atom is 0.239 e. The Morgan fingerprint density at radius 2 is 1.61 bits per heavy atom. The zero-order chi connectivity index (χ0) is 22.2. The van der Waals surface area contributed by atoms with Gasteiger partial charge in [-0.1, -0.05) is 44.2 Å². The Labute approximate surface area is 186 Å². The molecule has 0 radical (unpaired) electrons. The summed E-state index contributed by atoms with van der Waals surface area (Å²) in [6.45, 7) is 12.6. The monoisotopic (exact) mass is 430 g/mol. The number of nitrogens with one attached hydrogen (secondary N) is 1. The van der Waals surface area contributed by atoms with Crippen LogP contribution in [-0.2, 0) is 14.3 Å². The van der Waals surface area contributed by atoms with Gasteiger partial charge in [0.2, 0.25) is 11.8 Å². The molecule has 2 unspecified atom stereocenters. The predicted molar refractivity (Wildman–Crippen MR) is 122 cm³/mol. The van der Waals surface area contributed by atoms with Gasteiger partial charge in [0.25, 0.3) is 0 Å². The highest BCUT2D eigenvalue weighted by atomic mass is 16.5. The fraction of sp³-hybridized carbons (Fsp3) is 0.667. The quantitative estimate of drug-likeness (QED) is 0.681. The van der Waals surface area contributed by atoms with Crippen molar-refractivity contribution in [3.05, 3.63) is 35.9 Å². The summed E-state index contributed by atoms with van der Waals surface area (Å²) in [7, 11) is 0. The number of carbonyl (C=O) groups is 2. The maximum absolute atomic E-state index is 12.8. The van der Waals surface area contributed by atoms with Crippen LogP contribution in [0.1, 0.15) is 38.8 Å². The molecule has 2 aliphatic heterocycles. The molecule has 172 valence electrons. The molecule has 7 nitrogen and oxygen atoms in total. The Morgan fingerprint density at radius 3 is 2.23 bits per heavy atom. The van der Waals surface area contributed by atoms with Gasteiger partial charge in [-0.15, -0.1) is 0 Å². The second-order valence-corrected chi connectivity index (χ2v) is 9.09. The lowest BCUT2D eigenvalue weighted by Gasteiger charge is -2.39. The van der Waals surface area contributed by atoms with Gasteiger partial charge in [-0.3, -0.25) is 19.4 Å². The van der Waals surface area contributed by atoms with Crippen LogP contribution in [0, 0.1) is 5.92 Å². The molecule has 3 rings (SSSR count). The molecular formula is C24H38N4O3. The minimum Gasteiger partial charge on any atom is -0.378 e. The number of benzene rings is 1. The zero-order valence-corrected chi connectivity index (χ0v) is 19.3. The van der Waals surface area contributed by atoms with Crippen LogP contribution in [0.25, 0.3) is 0 Å². The third-order valence-corrected chi connectivity index (χ3v) is 6.25. The summed E-state index contributed by atoms with van der Waals surface area (Å²) in [4.78, 5) is 31.9. The second-order valence-electron chi connectivity index (χ2n) is 9.09. The van der Waals surface area contributed by atoms with Crippen molar-refractivity contribution in [3.8, 4) is 0 Å². The van der Waals surface area contributed by atoms with Gasteiger partial charge in [-0.25, -0.2) is 0 Å². The Balaban J connectivity index is 1.46. The second kappa shape index (κ2) is 11.6. The molecule has 2 atom stereocenters. The standard InChI is InChI=1S/C24H38N4O3/c1-19(2)17-22(21-7-5-4-6-8-21)25-23(29)18-26-9-11-27(12-10-26)20(3)24(30)28-13-15-31-16-14-28/h4-8,19-20,22H,9-18H2,1-3H3,(H,25,29). The van der Waals surface area contributed by atoms with Gasteiger partial charge in [0, 0.05) is 39.3 Å². The van der Waals surface area contributed by atoms with Crippen LogP contribution in [0.15, 0.2) is 30.3 Å². The van der Waals surface area contributed by atoms with E-state index in [1.165, 1.54) is 0 Å². The van der Waals surface area contributed by atoms with Crippen molar-refractivity contribution in [2.75, 3.05) is 59.0 Å². The van der Waals surface area contributed by atoms with Crippen LogP contribution in [0.3, 0.4) is 0 Å². The third kappa shape index (κ3) is 7.02. The van der Waals surface area contributed by atoms with Gasteiger partial charge in [0.05, 0.1) is 31.8 Å². The van der Waals surface area contributed by atoms with E-state index < -0.39 is 0 Å². The van der Waals surface area contributed by atoms with E-state index in [1.807, 2.05) is 30.0 Å². The van der Waals surface area contributed by atoms with Crippen molar-refractivity contribution < 1.29 is 14.3 Å². The molecule has 0 aliphatic carbocycles. The van der Waals surface area contributed by atoms with Crippen LogP contribution in [0.5, 0.6) is 0 Å². The van der Waals surface area contributed by atoms with E-state index in [9.17, 15) is 9.59 Å². The minimum atomic E-state index is -0.123. The van der Waals surface area contributed by atoms with E-state index in [-0.39, 0.29) is 23.9 Å². The molecule has 0 spiro atoms. The molecule has 31 heavy (non-hydrogen) atoms. The highest BCUT2D eigenvalue weighted by Crippen LogP contribution is 2.21. The van der Waals surface area contributed by atoms with Crippen molar-refractivity contribution >= 4 is 11.8 Å². The SMILES string of the molecule is CC(C)CC(NC(=O)CN1CCN(C(C)C(=O)N2CCOCC2)CC1)c1ccccc1. The Hall–Kier alpha value is -1.96. The Bertz CT molecular complexity index is 698. The van der Waals surface area contributed by atoms with Gasteiger partial charge in [-0.05, 0) is 24.8 Å². The third-order valence-electron chi connectivity index (χ3n) is 6.25. The molecular weight excluding hydrogens is 392 g/mol. The van der Waals surface area contributed by atoms with Crippen LogP contribution in [0.4, 0.5) is 0 Å². The summed E-state index contributed by atoms with van der Waals surface area (Å²) < 4.78 is 5.35. The van der Waals surface area contributed by atoms with Crippen molar-refractivity contribution in [2.24, 2.45) is 5.92 Å². The Kier molecular flexibility index (Phi) is 8.87. The largest absolute Gasteiger partial charge is 0.378 e. The molecule has 0 aromatic heterocycles. The number of hydrogen-bond acceptors (Lipinski definition) is 5. The highest BCUT2D eigenvalue weighted by molar-refractivity contribution is 5.81. The number of piperazine rings is 1. The summed E-state index contributed by atoms with van der Waals surface area (Å²) >= 11 is 0. The van der Waals surface area contributed by atoms with Crippen LogP contribution < -0.4 is 5.32 Å². The molecule has 1 aromatic carbocycles. The Morgan fingerprint density at radius 1 is 0.968 bits per heavy atom. The van der Waals surface area contributed by atoms with Gasteiger partial charge >= 0.3 is 0 Å². The molecule has 2 amide bonds. The van der Waals surface area contributed by atoms with Gasteiger partial charge in [-0.2, -0.15) is 0 Å². The van der Waals surface area contributed by atoms with E-state index in [0.29, 0.717) is 38.8 Å². The van der Waals surface area contributed by atoms with E-state index in [0.717, 1.165) is 38.2 Å². The first-order chi connectivity index (χ1) is 14.9. The predicted octanol–water partition coefficient (Wildman–Crippen LogP) is 1.75. The minimum absolute atomic E-state index is 0.0427. The average Bonchev–Trinajstić information content (AvgIpc) is 2.79. The topological polar surface area (TPSA) is 65.1 Å². The molecule has 2 fully saturated rings. The molecule has 2 aliphatic rings. The zero-order valence-electron chi connectivity index (χ0n) is 19.3. The van der Waals surface area contributed by atoms with Crippen LogP contribution in [0.2, 0.25) is 0 Å². The number of nitrogens with zero attached hydrogens (tertiary/aromatic N) is 3. The number of hydrogen-bond donors (Lipinski definition) is 1. The highest BCUT2D eigenvalue weighted by Gasteiger charge is 2.30. The van der Waals surface area contributed by atoms with Crippen LogP contribution in [-0.4, -0.2) is 91.6 Å². The fourth-order valence-corrected chi connectivity index (χ4v) is 4.39. The molecule has 1 N–H and O–H groups in total. The van der Waals surface area contributed by atoms with Gasteiger partial charge < -0.3 is 15.0 Å². The number of morpholine rings is 1. The van der Waals surface area contributed by atoms with Crippen LogP contribution >= 0.6 is 0 Å². The summed E-state index contributed by atoms with van der Waals surface area (Å²) in [5.74, 6) is 0.758. The molecule has 1 aromatic rings. The molecule has 2 saturated heterocycles.